The summed E-state index contributed by atoms with van der Waals surface area (Å²) in [5.74, 6) is -0.0936. The van der Waals surface area contributed by atoms with Gasteiger partial charge in [0.15, 0.2) is 5.96 Å². The number of likely N-dealkylation sites (N-methyl/N-ethyl adjacent to an activating group) is 1. The molecular formula is C8H19ClN4O. The fourth-order valence-electron chi connectivity index (χ4n) is 0.995. The number of halogens is 1. The number of aliphatic imine (C=N–C) groups is 1. The number of carbonyl (C=O) groups is 1. The minimum Gasteiger partial charge on any atom is -0.370 e. The summed E-state index contributed by atoms with van der Waals surface area (Å²) in [5.41, 5.74) is 10.4. The normalized spacial score (nSPS) is 11.1. The third-order valence-corrected chi connectivity index (χ3v) is 1.59. The van der Waals surface area contributed by atoms with Crippen molar-refractivity contribution in [2.75, 3.05) is 14.1 Å². The summed E-state index contributed by atoms with van der Waals surface area (Å²) in [6.45, 7) is 1.98. The number of guanidine groups is 1. The highest BCUT2D eigenvalue weighted by Gasteiger charge is 2.17. The zero-order chi connectivity index (χ0) is 10.4. The molecule has 0 aliphatic heterocycles. The third kappa shape index (κ3) is 5.64. The molecule has 0 aromatic carbocycles. The Morgan fingerprint density at radius 2 is 1.93 bits per heavy atom. The molecule has 0 radical (unpaired) electrons. The lowest BCUT2D eigenvalue weighted by Crippen LogP contribution is -2.35. The van der Waals surface area contributed by atoms with E-state index in [1.165, 1.54) is 4.90 Å². The van der Waals surface area contributed by atoms with Crippen LogP contribution in [-0.4, -0.2) is 36.9 Å². The Kier molecular flexibility index (Phi) is 8.23. The highest BCUT2D eigenvalue weighted by atomic mass is 35.5. The zero-order valence-electron chi connectivity index (χ0n) is 8.86. The fourth-order valence-corrected chi connectivity index (χ4v) is 0.995. The van der Waals surface area contributed by atoms with E-state index in [0.717, 1.165) is 6.42 Å². The summed E-state index contributed by atoms with van der Waals surface area (Å²) in [6, 6.07) is -0.426. The van der Waals surface area contributed by atoms with Crippen LogP contribution in [0.4, 0.5) is 0 Å². The minimum atomic E-state index is -0.426. The number of amides is 1. The maximum Gasteiger partial charge on any atom is 0.246 e. The molecular weight excluding hydrogens is 204 g/mol. The van der Waals surface area contributed by atoms with Crippen molar-refractivity contribution in [3.8, 4) is 0 Å². The molecule has 0 saturated carbocycles. The molecule has 1 atom stereocenters. The molecule has 84 valence electrons. The summed E-state index contributed by atoms with van der Waals surface area (Å²) in [6.07, 6.45) is 1.55. The fraction of sp³-hybridized carbons (Fsp3) is 0.750. The van der Waals surface area contributed by atoms with Gasteiger partial charge in [0.1, 0.15) is 6.04 Å². The maximum atomic E-state index is 11.5. The van der Waals surface area contributed by atoms with E-state index in [-0.39, 0.29) is 24.3 Å². The molecule has 0 aromatic rings. The number of hydrogen-bond donors (Lipinski definition) is 2. The van der Waals surface area contributed by atoms with Crippen LogP contribution in [0.1, 0.15) is 19.8 Å². The maximum absolute atomic E-state index is 11.5. The van der Waals surface area contributed by atoms with E-state index in [0.29, 0.717) is 6.42 Å². The molecule has 0 aliphatic rings. The van der Waals surface area contributed by atoms with Crippen LogP contribution >= 0.6 is 12.4 Å². The average Bonchev–Trinajstić information content (AvgIpc) is 2.01. The minimum absolute atomic E-state index is 0. The van der Waals surface area contributed by atoms with Crippen LogP contribution in [0.3, 0.4) is 0 Å². The van der Waals surface area contributed by atoms with Crippen molar-refractivity contribution in [1.29, 1.82) is 0 Å². The van der Waals surface area contributed by atoms with Crippen molar-refractivity contribution in [3.63, 3.8) is 0 Å². The van der Waals surface area contributed by atoms with Crippen LogP contribution in [-0.2, 0) is 4.79 Å². The van der Waals surface area contributed by atoms with Gasteiger partial charge in [0.25, 0.3) is 0 Å². The highest BCUT2D eigenvalue weighted by molar-refractivity contribution is 5.86. The first-order chi connectivity index (χ1) is 5.99. The molecule has 0 heterocycles. The third-order valence-electron chi connectivity index (χ3n) is 1.59. The first-order valence-electron chi connectivity index (χ1n) is 4.29. The standard InChI is InChI=1S/C8H18N4O.ClH/c1-4-5-6(11-8(9)10)7(13)12(2)3;/h6H,4-5H2,1-3H3,(H4,9,10,11);1H. The molecule has 0 bridgehead atoms. The van der Waals surface area contributed by atoms with Gasteiger partial charge in [-0.2, -0.15) is 0 Å². The van der Waals surface area contributed by atoms with E-state index in [9.17, 15) is 4.79 Å². The molecule has 0 rings (SSSR count). The Hall–Kier alpha value is -0.970. The number of nitrogens with zero attached hydrogens (tertiary/aromatic N) is 2. The lowest BCUT2D eigenvalue weighted by atomic mass is 10.1. The van der Waals surface area contributed by atoms with Crippen molar-refractivity contribution in [3.05, 3.63) is 0 Å². The molecule has 14 heavy (non-hydrogen) atoms. The Bertz CT molecular complexity index is 202. The Labute approximate surface area is 90.9 Å². The van der Waals surface area contributed by atoms with Crippen LogP contribution < -0.4 is 11.5 Å². The van der Waals surface area contributed by atoms with Crippen molar-refractivity contribution in [2.45, 2.75) is 25.8 Å². The van der Waals surface area contributed by atoms with Gasteiger partial charge in [-0.15, -0.1) is 12.4 Å². The van der Waals surface area contributed by atoms with Gasteiger partial charge in [0, 0.05) is 14.1 Å². The molecule has 0 fully saturated rings. The predicted molar refractivity (Wildman–Crippen MR) is 60.4 cm³/mol. The second-order valence-corrected chi connectivity index (χ2v) is 3.09. The molecule has 0 saturated heterocycles. The van der Waals surface area contributed by atoms with E-state index < -0.39 is 6.04 Å². The van der Waals surface area contributed by atoms with Crippen LogP contribution in [0, 0.1) is 0 Å². The smallest absolute Gasteiger partial charge is 0.246 e. The van der Waals surface area contributed by atoms with Crippen molar-refractivity contribution in [1.82, 2.24) is 4.90 Å². The van der Waals surface area contributed by atoms with Gasteiger partial charge in [-0.1, -0.05) is 13.3 Å². The van der Waals surface area contributed by atoms with Gasteiger partial charge in [-0.05, 0) is 6.42 Å². The summed E-state index contributed by atoms with van der Waals surface area (Å²) >= 11 is 0. The summed E-state index contributed by atoms with van der Waals surface area (Å²) in [7, 11) is 3.38. The quantitative estimate of drug-likeness (QED) is 0.516. The molecule has 0 aliphatic carbocycles. The van der Waals surface area contributed by atoms with Crippen LogP contribution in [0.15, 0.2) is 4.99 Å². The second kappa shape index (κ2) is 7.44. The number of nitrogens with two attached hydrogens (primary N) is 2. The second-order valence-electron chi connectivity index (χ2n) is 3.09. The van der Waals surface area contributed by atoms with E-state index >= 15 is 0 Å². The molecule has 1 unspecified atom stereocenters. The van der Waals surface area contributed by atoms with Gasteiger partial charge < -0.3 is 16.4 Å². The molecule has 5 nitrogen and oxygen atoms in total. The van der Waals surface area contributed by atoms with Crippen LogP contribution in [0.5, 0.6) is 0 Å². The summed E-state index contributed by atoms with van der Waals surface area (Å²) in [5, 5.41) is 0. The van der Waals surface area contributed by atoms with Crippen LogP contribution in [0.2, 0.25) is 0 Å². The number of carbonyl (C=O) groups excluding carboxylic acids is 1. The Balaban J connectivity index is 0. The SMILES string of the molecule is CCCC(N=C(N)N)C(=O)N(C)C.Cl. The molecule has 6 heteroatoms. The number of hydrogen-bond acceptors (Lipinski definition) is 2. The van der Waals surface area contributed by atoms with Gasteiger partial charge in [-0.25, -0.2) is 4.99 Å². The molecule has 4 N–H and O–H groups in total. The Morgan fingerprint density at radius 1 is 1.43 bits per heavy atom. The monoisotopic (exact) mass is 222 g/mol. The largest absolute Gasteiger partial charge is 0.370 e. The van der Waals surface area contributed by atoms with Gasteiger partial charge in [-0.3, -0.25) is 4.79 Å². The van der Waals surface area contributed by atoms with E-state index in [2.05, 4.69) is 4.99 Å². The topological polar surface area (TPSA) is 84.7 Å². The summed E-state index contributed by atoms with van der Waals surface area (Å²) < 4.78 is 0. The van der Waals surface area contributed by atoms with E-state index in [1.807, 2.05) is 6.92 Å². The Morgan fingerprint density at radius 3 is 2.21 bits per heavy atom. The van der Waals surface area contributed by atoms with Crippen molar-refractivity contribution < 1.29 is 4.79 Å². The predicted octanol–water partition coefficient (Wildman–Crippen LogP) is -0.0615. The van der Waals surface area contributed by atoms with Gasteiger partial charge in [0.2, 0.25) is 5.91 Å². The van der Waals surface area contributed by atoms with E-state index in [1.54, 1.807) is 14.1 Å². The van der Waals surface area contributed by atoms with Crippen molar-refractivity contribution in [2.24, 2.45) is 16.5 Å². The average molecular weight is 223 g/mol. The first-order valence-corrected chi connectivity index (χ1v) is 4.29. The van der Waals surface area contributed by atoms with Crippen molar-refractivity contribution >= 4 is 24.3 Å². The van der Waals surface area contributed by atoms with Gasteiger partial charge in [0.05, 0.1) is 0 Å². The molecule has 1 amide bonds. The lowest BCUT2D eigenvalue weighted by Gasteiger charge is -2.16. The summed E-state index contributed by atoms with van der Waals surface area (Å²) in [4.78, 5) is 16.8. The van der Waals surface area contributed by atoms with Gasteiger partial charge >= 0.3 is 0 Å². The molecule has 0 spiro atoms. The highest BCUT2D eigenvalue weighted by Crippen LogP contribution is 2.04. The lowest BCUT2D eigenvalue weighted by molar-refractivity contribution is -0.130. The molecule has 0 aromatic heterocycles. The van der Waals surface area contributed by atoms with E-state index in [4.69, 9.17) is 11.5 Å². The number of rotatable bonds is 4. The first kappa shape index (κ1) is 15.5. The zero-order valence-corrected chi connectivity index (χ0v) is 9.67. The van der Waals surface area contributed by atoms with Crippen LogP contribution in [0.25, 0.3) is 0 Å².